The molecule has 0 saturated carbocycles. The van der Waals surface area contributed by atoms with Crippen LogP contribution in [0.2, 0.25) is 0 Å². The van der Waals surface area contributed by atoms with Gasteiger partial charge in [-0.15, -0.1) is 0 Å². The van der Waals surface area contributed by atoms with Gasteiger partial charge in [-0.3, -0.25) is 4.79 Å². The van der Waals surface area contributed by atoms with E-state index in [1.54, 1.807) is 41.7 Å². The summed E-state index contributed by atoms with van der Waals surface area (Å²) in [6, 6.07) is 17.4. The minimum absolute atomic E-state index is 0.0465. The summed E-state index contributed by atoms with van der Waals surface area (Å²) in [4.78, 5) is 13.3. The molecule has 1 aliphatic heterocycles. The number of hydrogen-bond acceptors (Lipinski definition) is 7. The third kappa shape index (κ3) is 6.50. The second-order valence-electron chi connectivity index (χ2n) is 9.92. The van der Waals surface area contributed by atoms with Gasteiger partial charge >= 0.3 is 0 Å². The number of nitrogens with zero attached hydrogens (tertiary/aromatic N) is 1. The molecule has 3 aromatic carbocycles. The number of nitrogens with one attached hydrogen (secondary N) is 1. The number of amides is 1. The Balaban J connectivity index is 1.50. The van der Waals surface area contributed by atoms with Gasteiger partial charge in [-0.05, 0) is 82.3 Å². The standard InChI is InChI=1S/C31H34N2O6S2/c1-37-28-17-23(18-29(38-2)30(28)39-15-12-22-13-16-40-21-22)20-33(27-9-5-6-14-32-31(27)34)41(35,36)26-11-10-24-7-3-4-8-25(24)19-26/h3-4,7-8,10-11,13,16-19,21,27H,5-6,9,12,14-15,20H2,1-2H3,(H,32,34)/t27-/m0/s1. The number of thiophene rings is 1. The average Bonchev–Trinajstić information content (AvgIpc) is 3.42. The van der Waals surface area contributed by atoms with Crippen molar-refractivity contribution in [2.24, 2.45) is 0 Å². The molecule has 41 heavy (non-hydrogen) atoms. The largest absolute Gasteiger partial charge is 0.493 e. The number of methoxy groups -OCH3 is 2. The lowest BCUT2D eigenvalue weighted by Gasteiger charge is -2.29. The first-order valence-corrected chi connectivity index (χ1v) is 16.0. The Morgan fingerprint density at radius 1 is 0.951 bits per heavy atom. The number of carbonyl (C=O) groups is 1. The smallest absolute Gasteiger partial charge is 0.244 e. The van der Waals surface area contributed by atoms with E-state index in [2.05, 4.69) is 16.8 Å². The van der Waals surface area contributed by atoms with Crippen LogP contribution in [0.4, 0.5) is 0 Å². The summed E-state index contributed by atoms with van der Waals surface area (Å²) >= 11 is 1.64. The molecule has 0 radical (unpaired) electrons. The zero-order valence-electron chi connectivity index (χ0n) is 23.2. The van der Waals surface area contributed by atoms with Crippen LogP contribution in [0, 0.1) is 0 Å². The van der Waals surface area contributed by atoms with Crippen LogP contribution < -0.4 is 19.5 Å². The van der Waals surface area contributed by atoms with E-state index in [0.717, 1.165) is 30.0 Å². The van der Waals surface area contributed by atoms with E-state index in [-0.39, 0.29) is 17.3 Å². The highest BCUT2D eigenvalue weighted by Gasteiger charge is 2.37. The summed E-state index contributed by atoms with van der Waals surface area (Å²) in [6.45, 7) is 0.904. The molecule has 1 atom stereocenters. The van der Waals surface area contributed by atoms with Crippen molar-refractivity contribution in [2.45, 2.75) is 43.2 Å². The van der Waals surface area contributed by atoms with Crippen LogP contribution in [0.3, 0.4) is 0 Å². The molecule has 0 aliphatic carbocycles. The summed E-state index contributed by atoms with van der Waals surface area (Å²) in [7, 11) is -0.999. The molecule has 1 amide bonds. The molecule has 0 spiro atoms. The van der Waals surface area contributed by atoms with Crippen LogP contribution in [0.1, 0.15) is 30.4 Å². The lowest BCUT2D eigenvalue weighted by Crippen LogP contribution is -2.48. The molecule has 1 N–H and O–H groups in total. The molecule has 10 heteroatoms. The Kier molecular flexibility index (Phi) is 9.12. The summed E-state index contributed by atoms with van der Waals surface area (Å²) in [5.41, 5.74) is 1.80. The Bertz CT molecular complexity index is 1580. The van der Waals surface area contributed by atoms with Gasteiger partial charge < -0.3 is 19.5 Å². The predicted molar refractivity (Wildman–Crippen MR) is 160 cm³/mol. The summed E-state index contributed by atoms with van der Waals surface area (Å²) < 4.78 is 47.1. The Hall–Kier alpha value is -3.60. The lowest BCUT2D eigenvalue weighted by molar-refractivity contribution is -0.124. The zero-order valence-corrected chi connectivity index (χ0v) is 24.8. The van der Waals surface area contributed by atoms with Crippen molar-refractivity contribution in [3.8, 4) is 17.2 Å². The van der Waals surface area contributed by atoms with Gasteiger partial charge in [-0.1, -0.05) is 30.3 Å². The van der Waals surface area contributed by atoms with Crippen molar-refractivity contribution < 1.29 is 27.4 Å². The van der Waals surface area contributed by atoms with Gasteiger partial charge in [0.2, 0.25) is 21.7 Å². The van der Waals surface area contributed by atoms with Crippen molar-refractivity contribution in [1.82, 2.24) is 9.62 Å². The maximum atomic E-state index is 14.2. The fourth-order valence-corrected chi connectivity index (χ4v) is 7.42. The molecule has 0 bridgehead atoms. The third-order valence-electron chi connectivity index (χ3n) is 7.26. The first-order chi connectivity index (χ1) is 19.9. The van der Waals surface area contributed by atoms with Gasteiger partial charge in [-0.25, -0.2) is 8.42 Å². The predicted octanol–water partition coefficient (Wildman–Crippen LogP) is 5.40. The van der Waals surface area contributed by atoms with Crippen molar-refractivity contribution in [1.29, 1.82) is 0 Å². The van der Waals surface area contributed by atoms with E-state index in [1.165, 1.54) is 24.1 Å². The molecule has 0 unspecified atom stereocenters. The van der Waals surface area contributed by atoms with Gasteiger partial charge in [-0.2, -0.15) is 15.6 Å². The summed E-state index contributed by atoms with van der Waals surface area (Å²) in [5, 5.41) is 8.74. The molecule has 1 saturated heterocycles. The van der Waals surface area contributed by atoms with E-state index in [4.69, 9.17) is 14.2 Å². The molecule has 1 aliphatic rings. The fraction of sp³-hybridized carbons (Fsp3) is 0.323. The number of fused-ring (bicyclic) bond motifs is 1. The summed E-state index contributed by atoms with van der Waals surface area (Å²) in [6.07, 6.45) is 2.69. The normalized spacial score (nSPS) is 15.9. The van der Waals surface area contributed by atoms with E-state index in [0.29, 0.717) is 42.4 Å². The van der Waals surface area contributed by atoms with Gasteiger partial charge in [0, 0.05) is 19.5 Å². The number of benzene rings is 3. The van der Waals surface area contributed by atoms with Crippen LogP contribution in [-0.2, 0) is 27.8 Å². The van der Waals surface area contributed by atoms with Crippen LogP contribution in [-0.4, -0.2) is 52.0 Å². The Morgan fingerprint density at radius 3 is 2.41 bits per heavy atom. The van der Waals surface area contributed by atoms with Gasteiger partial charge in [0.1, 0.15) is 6.04 Å². The van der Waals surface area contributed by atoms with E-state index in [9.17, 15) is 13.2 Å². The lowest BCUT2D eigenvalue weighted by atomic mass is 10.1. The number of ether oxygens (including phenoxy) is 3. The second-order valence-corrected chi connectivity index (χ2v) is 12.6. The zero-order chi connectivity index (χ0) is 28.8. The monoisotopic (exact) mass is 594 g/mol. The molecule has 2 heterocycles. The maximum absolute atomic E-state index is 14.2. The minimum Gasteiger partial charge on any atom is -0.493 e. The highest BCUT2D eigenvalue weighted by Crippen LogP contribution is 2.40. The topological polar surface area (TPSA) is 94.2 Å². The molecular weight excluding hydrogens is 560 g/mol. The molecule has 216 valence electrons. The van der Waals surface area contributed by atoms with Crippen LogP contribution in [0.15, 0.2) is 76.3 Å². The first kappa shape index (κ1) is 28.9. The highest BCUT2D eigenvalue weighted by atomic mass is 32.2. The minimum atomic E-state index is -4.07. The molecular formula is C31H34N2O6S2. The van der Waals surface area contributed by atoms with Gasteiger partial charge in [0.05, 0.1) is 25.7 Å². The van der Waals surface area contributed by atoms with E-state index >= 15 is 0 Å². The molecule has 1 fully saturated rings. The highest BCUT2D eigenvalue weighted by molar-refractivity contribution is 7.89. The van der Waals surface area contributed by atoms with Crippen molar-refractivity contribution in [2.75, 3.05) is 27.4 Å². The van der Waals surface area contributed by atoms with Gasteiger partial charge in [0.25, 0.3) is 0 Å². The molecule has 1 aromatic heterocycles. The quantitative estimate of drug-likeness (QED) is 0.250. The molecule has 5 rings (SSSR count). The summed E-state index contributed by atoms with van der Waals surface area (Å²) in [5.74, 6) is 1.01. The van der Waals surface area contributed by atoms with Crippen LogP contribution in [0.25, 0.3) is 10.8 Å². The second kappa shape index (κ2) is 12.9. The Morgan fingerprint density at radius 2 is 1.71 bits per heavy atom. The number of carbonyl (C=O) groups excluding carboxylic acids is 1. The first-order valence-electron chi connectivity index (χ1n) is 13.6. The molecule has 8 nitrogen and oxygen atoms in total. The van der Waals surface area contributed by atoms with Crippen LogP contribution >= 0.6 is 11.3 Å². The average molecular weight is 595 g/mol. The van der Waals surface area contributed by atoms with Crippen molar-refractivity contribution in [3.63, 3.8) is 0 Å². The van der Waals surface area contributed by atoms with Crippen LogP contribution in [0.5, 0.6) is 17.2 Å². The fourth-order valence-electron chi connectivity index (χ4n) is 5.08. The van der Waals surface area contributed by atoms with Gasteiger partial charge in [0.15, 0.2) is 11.5 Å². The van der Waals surface area contributed by atoms with E-state index < -0.39 is 16.1 Å². The van der Waals surface area contributed by atoms with Crippen molar-refractivity contribution in [3.05, 3.63) is 82.6 Å². The number of sulfonamides is 1. The SMILES string of the molecule is COc1cc(CN([C@H]2CCCCNC2=O)S(=O)(=O)c2ccc3ccccc3c2)cc(OC)c1OCCc1ccsc1. The third-order valence-corrected chi connectivity index (χ3v) is 9.84. The molecule has 4 aromatic rings. The maximum Gasteiger partial charge on any atom is 0.244 e. The number of rotatable bonds is 11. The van der Waals surface area contributed by atoms with Crippen molar-refractivity contribution >= 4 is 38.0 Å². The Labute approximate surface area is 244 Å². The number of hydrogen-bond donors (Lipinski definition) is 1. The van der Waals surface area contributed by atoms with E-state index in [1.807, 2.05) is 29.6 Å².